The highest BCUT2D eigenvalue weighted by Crippen LogP contribution is 2.32. The van der Waals surface area contributed by atoms with Gasteiger partial charge in [-0.2, -0.15) is 0 Å². The van der Waals surface area contributed by atoms with Crippen molar-refractivity contribution < 1.29 is 22.7 Å². The highest BCUT2D eigenvalue weighted by Gasteiger charge is 2.29. The molecule has 2 amide bonds. The molecule has 2 N–H and O–H groups in total. The molecule has 0 radical (unpaired) electrons. The molecule has 1 aliphatic heterocycles. The lowest BCUT2D eigenvalue weighted by atomic mass is 10.1. The molecule has 0 atom stereocenters. The van der Waals surface area contributed by atoms with Crippen LogP contribution < -0.4 is 19.7 Å². The van der Waals surface area contributed by atoms with Crippen molar-refractivity contribution in [3.8, 4) is 5.75 Å². The van der Waals surface area contributed by atoms with Crippen LogP contribution in [0.3, 0.4) is 0 Å². The van der Waals surface area contributed by atoms with E-state index >= 15 is 0 Å². The zero-order chi connectivity index (χ0) is 20.9. The van der Waals surface area contributed by atoms with E-state index in [1.165, 1.54) is 23.5 Å². The second kappa shape index (κ2) is 8.95. The van der Waals surface area contributed by atoms with Gasteiger partial charge in [-0.25, -0.2) is 8.42 Å². The molecule has 0 spiro atoms. The van der Waals surface area contributed by atoms with Gasteiger partial charge < -0.3 is 15.4 Å². The number of rotatable bonds is 6. The molecule has 8 nitrogen and oxygen atoms in total. The van der Waals surface area contributed by atoms with Gasteiger partial charge in [0.25, 0.3) is 0 Å². The Morgan fingerprint density at radius 2 is 1.86 bits per heavy atom. The molecule has 0 aliphatic carbocycles. The first-order valence-corrected chi connectivity index (χ1v) is 10.8. The summed E-state index contributed by atoms with van der Waals surface area (Å²) in [6.07, 6.45) is 1.18. The van der Waals surface area contributed by atoms with Gasteiger partial charge in [-0.15, -0.1) is 0 Å². The second-order valence-electron chi connectivity index (χ2n) is 6.57. The fourth-order valence-electron chi connectivity index (χ4n) is 3.09. The molecule has 0 saturated carbocycles. The third-order valence-corrected chi connectivity index (χ3v) is 6.44. The average Bonchev–Trinajstić information content (AvgIpc) is 3.08. The summed E-state index contributed by atoms with van der Waals surface area (Å²) in [6, 6.07) is 14.3. The lowest BCUT2D eigenvalue weighted by Gasteiger charge is -2.19. The SMILES string of the molecule is COc1cc(N2CCCS2(=O)=O)ccc1NC(=O)C(=O)NCCc1ccccc1. The van der Waals surface area contributed by atoms with E-state index in [4.69, 9.17) is 4.74 Å². The lowest BCUT2D eigenvalue weighted by Crippen LogP contribution is -2.36. The maximum Gasteiger partial charge on any atom is 0.313 e. The van der Waals surface area contributed by atoms with Crippen LogP contribution in [0.5, 0.6) is 5.75 Å². The summed E-state index contributed by atoms with van der Waals surface area (Å²) in [7, 11) is -1.91. The molecule has 1 aliphatic rings. The van der Waals surface area contributed by atoms with Crippen LogP contribution in [0.1, 0.15) is 12.0 Å². The largest absolute Gasteiger partial charge is 0.494 e. The first-order chi connectivity index (χ1) is 13.9. The molecule has 29 heavy (non-hydrogen) atoms. The number of nitrogens with zero attached hydrogens (tertiary/aromatic N) is 1. The molecule has 3 rings (SSSR count). The molecule has 2 aromatic rings. The van der Waals surface area contributed by atoms with E-state index in [2.05, 4.69) is 10.6 Å². The standard InChI is InChI=1S/C20H23N3O5S/c1-28-18-14-16(23-12-5-13-29(23,26)27)8-9-17(18)22-20(25)19(24)21-11-10-15-6-3-2-4-7-15/h2-4,6-9,14H,5,10-13H2,1H3,(H,21,24)(H,22,25). The Morgan fingerprint density at radius 3 is 2.52 bits per heavy atom. The Bertz CT molecular complexity index is 992. The predicted molar refractivity (Wildman–Crippen MR) is 111 cm³/mol. The number of nitrogens with one attached hydrogen (secondary N) is 2. The quantitative estimate of drug-likeness (QED) is 0.694. The van der Waals surface area contributed by atoms with Gasteiger partial charge in [-0.05, 0) is 30.5 Å². The molecule has 9 heteroatoms. The number of anilines is 2. The maximum absolute atomic E-state index is 12.2. The topological polar surface area (TPSA) is 105 Å². The van der Waals surface area contributed by atoms with Gasteiger partial charge in [0, 0.05) is 19.2 Å². The van der Waals surface area contributed by atoms with Gasteiger partial charge in [0.05, 0.1) is 24.2 Å². The van der Waals surface area contributed by atoms with Gasteiger partial charge in [0.2, 0.25) is 10.0 Å². The Hall–Kier alpha value is -3.07. The molecule has 1 fully saturated rings. The fourth-order valence-corrected chi connectivity index (χ4v) is 4.65. The summed E-state index contributed by atoms with van der Waals surface area (Å²) in [5, 5.41) is 5.08. The van der Waals surface area contributed by atoms with Gasteiger partial charge in [0.15, 0.2) is 0 Å². The van der Waals surface area contributed by atoms with E-state index < -0.39 is 21.8 Å². The number of sulfonamides is 1. The van der Waals surface area contributed by atoms with Crippen molar-refractivity contribution in [2.75, 3.05) is 35.6 Å². The summed E-state index contributed by atoms with van der Waals surface area (Å²) in [6.45, 7) is 0.736. The lowest BCUT2D eigenvalue weighted by molar-refractivity contribution is -0.136. The van der Waals surface area contributed by atoms with Crippen LogP contribution in [0.2, 0.25) is 0 Å². The highest BCUT2D eigenvalue weighted by atomic mass is 32.2. The zero-order valence-corrected chi connectivity index (χ0v) is 16.9. The minimum atomic E-state index is -3.32. The van der Waals surface area contributed by atoms with Crippen molar-refractivity contribution in [1.29, 1.82) is 0 Å². The number of benzene rings is 2. The molecule has 2 aromatic carbocycles. The van der Waals surface area contributed by atoms with Gasteiger partial charge >= 0.3 is 11.8 Å². The zero-order valence-electron chi connectivity index (χ0n) is 16.1. The van der Waals surface area contributed by atoms with Crippen molar-refractivity contribution in [2.24, 2.45) is 0 Å². The van der Waals surface area contributed by atoms with Crippen LogP contribution in [-0.4, -0.2) is 46.2 Å². The number of methoxy groups -OCH3 is 1. The Balaban J connectivity index is 1.61. The summed E-state index contributed by atoms with van der Waals surface area (Å²) in [4.78, 5) is 24.2. The minimum Gasteiger partial charge on any atom is -0.494 e. The first kappa shape index (κ1) is 20.7. The third-order valence-electron chi connectivity index (χ3n) is 4.57. The Kier molecular flexibility index (Phi) is 6.38. The van der Waals surface area contributed by atoms with Gasteiger partial charge in [-0.1, -0.05) is 30.3 Å². The molecule has 1 saturated heterocycles. The second-order valence-corrected chi connectivity index (χ2v) is 8.58. The summed E-state index contributed by atoms with van der Waals surface area (Å²) < 4.78 is 30.7. The molecular formula is C20H23N3O5S. The normalized spacial score (nSPS) is 15.0. The minimum absolute atomic E-state index is 0.108. The van der Waals surface area contributed by atoms with Crippen LogP contribution in [0, 0.1) is 0 Å². The van der Waals surface area contributed by atoms with Crippen LogP contribution >= 0.6 is 0 Å². The van der Waals surface area contributed by atoms with Crippen molar-refractivity contribution in [2.45, 2.75) is 12.8 Å². The number of carbonyl (C=O) groups is 2. The molecule has 1 heterocycles. The predicted octanol–water partition coefficient (Wildman–Crippen LogP) is 1.53. The fraction of sp³-hybridized carbons (Fsp3) is 0.300. The summed E-state index contributed by atoms with van der Waals surface area (Å²) in [5.41, 5.74) is 1.81. The Morgan fingerprint density at radius 1 is 1.10 bits per heavy atom. The van der Waals surface area contributed by atoms with E-state index in [1.807, 2.05) is 30.3 Å². The van der Waals surface area contributed by atoms with Gasteiger partial charge in [-0.3, -0.25) is 13.9 Å². The smallest absolute Gasteiger partial charge is 0.313 e. The number of hydrogen-bond donors (Lipinski definition) is 2. The molecule has 0 aromatic heterocycles. The number of ether oxygens (including phenoxy) is 1. The maximum atomic E-state index is 12.2. The monoisotopic (exact) mass is 417 g/mol. The van der Waals surface area contributed by atoms with Crippen LogP contribution in [-0.2, 0) is 26.0 Å². The van der Waals surface area contributed by atoms with E-state index in [0.29, 0.717) is 31.6 Å². The van der Waals surface area contributed by atoms with E-state index in [-0.39, 0.29) is 17.2 Å². The third kappa shape index (κ3) is 5.05. The molecule has 0 unspecified atom stereocenters. The van der Waals surface area contributed by atoms with Crippen molar-refractivity contribution in [3.05, 3.63) is 54.1 Å². The molecule has 0 bridgehead atoms. The highest BCUT2D eigenvalue weighted by molar-refractivity contribution is 7.93. The first-order valence-electron chi connectivity index (χ1n) is 9.22. The summed E-state index contributed by atoms with van der Waals surface area (Å²) in [5.74, 6) is -1.20. The average molecular weight is 417 g/mol. The van der Waals surface area contributed by atoms with Crippen LogP contribution in [0.15, 0.2) is 48.5 Å². The summed E-state index contributed by atoms with van der Waals surface area (Å²) >= 11 is 0. The van der Waals surface area contributed by atoms with Crippen LogP contribution in [0.25, 0.3) is 0 Å². The number of carbonyl (C=O) groups excluding carboxylic acids is 2. The van der Waals surface area contributed by atoms with E-state index in [0.717, 1.165) is 5.56 Å². The Labute approximate surface area is 169 Å². The van der Waals surface area contributed by atoms with Crippen LogP contribution in [0.4, 0.5) is 11.4 Å². The van der Waals surface area contributed by atoms with Crippen molar-refractivity contribution >= 4 is 33.2 Å². The molecule has 154 valence electrons. The van der Waals surface area contributed by atoms with Crippen molar-refractivity contribution in [1.82, 2.24) is 5.32 Å². The van der Waals surface area contributed by atoms with Gasteiger partial charge in [0.1, 0.15) is 5.75 Å². The molecular weight excluding hydrogens is 394 g/mol. The van der Waals surface area contributed by atoms with Crippen molar-refractivity contribution in [3.63, 3.8) is 0 Å². The van der Waals surface area contributed by atoms with E-state index in [1.54, 1.807) is 6.07 Å². The number of amides is 2. The van der Waals surface area contributed by atoms with E-state index in [9.17, 15) is 18.0 Å². The number of hydrogen-bond acceptors (Lipinski definition) is 5.